The summed E-state index contributed by atoms with van der Waals surface area (Å²) in [5.74, 6) is 0.393. The molecule has 0 bridgehead atoms. The average molecular weight is 985 g/mol. The molecule has 4 aliphatic rings. The molecule has 4 N–H and O–H groups in total. The summed E-state index contributed by atoms with van der Waals surface area (Å²) in [4.78, 5) is 43.0. The van der Waals surface area contributed by atoms with Crippen LogP contribution in [-0.4, -0.2) is 139 Å². The van der Waals surface area contributed by atoms with Gasteiger partial charge in [0, 0.05) is 100 Å². The van der Waals surface area contributed by atoms with Gasteiger partial charge in [-0.05, 0) is 96.5 Å². The maximum absolute atomic E-state index is 15.0. The van der Waals surface area contributed by atoms with Gasteiger partial charge in [-0.2, -0.15) is 9.97 Å². The standard InChI is InChI=1S/C51H56N10O7S2/c1-69(65,66)39-15-11-37(12-16-39)52-47-27-41(54-50(56-47)60-25-21-43(45(62)31-60)58-23-19-33-7-3-5-9-35(33)29-58)49(64)42-28-48(53-38-13-17-40(18-14-38)70(2,67)68)57-51(55-42)61-26-22-44(46(63)32-61)59-24-20-34-8-4-6-10-36(34)30-59/h3-18,27-28,43-46,62-63H,19-26,29-32H2,1-2H3,(H,52,54,56)(H,53,55,57)/t43-,44-,45-,46-/m1/s1. The fourth-order valence-corrected chi connectivity index (χ4v) is 11.4. The molecule has 364 valence electrons. The van der Waals surface area contributed by atoms with Gasteiger partial charge in [0.25, 0.3) is 0 Å². The highest BCUT2D eigenvalue weighted by Crippen LogP contribution is 2.31. The zero-order valence-corrected chi connectivity index (χ0v) is 40.6. The van der Waals surface area contributed by atoms with E-state index in [4.69, 9.17) is 19.9 Å². The summed E-state index contributed by atoms with van der Waals surface area (Å²) >= 11 is 0. The van der Waals surface area contributed by atoms with E-state index in [0.29, 0.717) is 37.3 Å². The molecule has 4 aliphatic heterocycles. The number of aliphatic hydroxyl groups is 2. The molecule has 0 unspecified atom stereocenters. The maximum Gasteiger partial charge on any atom is 0.230 e. The Morgan fingerprint density at radius 1 is 0.543 bits per heavy atom. The Labute approximate surface area is 408 Å². The van der Waals surface area contributed by atoms with Crippen molar-refractivity contribution in [1.82, 2.24) is 29.7 Å². The molecule has 4 atom stereocenters. The molecule has 2 aromatic heterocycles. The molecule has 70 heavy (non-hydrogen) atoms. The van der Waals surface area contributed by atoms with E-state index in [1.54, 1.807) is 24.3 Å². The number of hydrogen-bond donors (Lipinski definition) is 4. The van der Waals surface area contributed by atoms with Gasteiger partial charge in [0.05, 0.1) is 22.0 Å². The Hall–Kier alpha value is -6.35. The number of aromatic nitrogens is 4. The molecule has 0 amide bonds. The normalized spacial score (nSPS) is 21.1. The number of fused-ring (bicyclic) bond motifs is 2. The number of rotatable bonds is 12. The number of hydrogen-bond acceptors (Lipinski definition) is 17. The lowest BCUT2D eigenvalue weighted by Gasteiger charge is -2.43. The predicted molar refractivity (Wildman–Crippen MR) is 268 cm³/mol. The summed E-state index contributed by atoms with van der Waals surface area (Å²) in [5.41, 5.74) is 6.23. The Morgan fingerprint density at radius 3 is 1.30 bits per heavy atom. The lowest BCUT2D eigenvalue weighted by atomic mass is 9.94. The van der Waals surface area contributed by atoms with Crippen LogP contribution in [0.25, 0.3) is 0 Å². The van der Waals surface area contributed by atoms with E-state index in [1.165, 1.54) is 58.7 Å². The van der Waals surface area contributed by atoms with Crippen LogP contribution >= 0.6 is 0 Å². The van der Waals surface area contributed by atoms with Gasteiger partial charge in [-0.1, -0.05) is 48.5 Å². The number of carbonyl (C=O) groups is 1. The van der Waals surface area contributed by atoms with Crippen LogP contribution in [-0.2, 0) is 45.6 Å². The monoisotopic (exact) mass is 984 g/mol. The number of benzene rings is 4. The molecule has 2 saturated heterocycles. The topological polar surface area (TPSA) is 214 Å². The number of nitrogens with zero attached hydrogens (tertiary/aromatic N) is 8. The molecule has 0 saturated carbocycles. The van der Waals surface area contributed by atoms with Crippen molar-refractivity contribution in [2.75, 3.05) is 72.2 Å². The van der Waals surface area contributed by atoms with Gasteiger partial charge in [-0.25, -0.2) is 26.8 Å². The van der Waals surface area contributed by atoms with Gasteiger partial charge in [0.2, 0.25) is 17.7 Å². The van der Waals surface area contributed by atoms with E-state index < -0.39 is 37.7 Å². The first-order valence-electron chi connectivity index (χ1n) is 23.6. The van der Waals surface area contributed by atoms with Crippen molar-refractivity contribution in [1.29, 1.82) is 0 Å². The van der Waals surface area contributed by atoms with Crippen molar-refractivity contribution in [2.45, 2.75) is 72.9 Å². The van der Waals surface area contributed by atoms with Crippen LogP contribution in [0.1, 0.15) is 51.3 Å². The smallest absolute Gasteiger partial charge is 0.230 e. The van der Waals surface area contributed by atoms with E-state index in [-0.39, 0.29) is 69.9 Å². The Balaban J connectivity index is 0.959. The van der Waals surface area contributed by atoms with Gasteiger partial charge in [-0.3, -0.25) is 14.6 Å². The van der Waals surface area contributed by atoms with E-state index in [9.17, 15) is 31.8 Å². The summed E-state index contributed by atoms with van der Waals surface area (Å²) in [7, 11) is -6.90. The SMILES string of the molecule is CS(=O)(=O)c1ccc(Nc2cc(C(=O)c3cc(Nc4ccc(S(C)(=O)=O)cc4)nc(N4CC[C@@H](N5CCc6ccccc6C5)[C@H](O)C4)n3)nc(N3CC[C@@H](N4CCc5ccccc5C4)[C@H](O)C3)n2)cc1. The van der Waals surface area contributed by atoms with E-state index in [2.05, 4.69) is 56.8 Å². The molecule has 10 rings (SSSR count). The van der Waals surface area contributed by atoms with Crippen LogP contribution in [0.5, 0.6) is 0 Å². The van der Waals surface area contributed by atoms with Crippen molar-refractivity contribution in [3.05, 3.63) is 143 Å². The first-order valence-corrected chi connectivity index (χ1v) is 27.3. The zero-order chi connectivity index (χ0) is 48.7. The van der Waals surface area contributed by atoms with Crippen LogP contribution in [0.4, 0.5) is 34.9 Å². The van der Waals surface area contributed by atoms with Crippen LogP contribution in [0, 0.1) is 0 Å². The number of sulfone groups is 2. The molecular formula is C51H56N10O7S2. The van der Waals surface area contributed by atoms with Crippen molar-refractivity contribution < 1.29 is 31.8 Å². The molecule has 6 aromatic rings. The average Bonchev–Trinajstić information content (AvgIpc) is 3.35. The van der Waals surface area contributed by atoms with Crippen LogP contribution in [0.15, 0.2) is 119 Å². The lowest BCUT2D eigenvalue weighted by molar-refractivity contribution is 0.0291. The molecule has 0 spiro atoms. The molecule has 6 heterocycles. The van der Waals surface area contributed by atoms with Crippen LogP contribution < -0.4 is 20.4 Å². The first-order chi connectivity index (χ1) is 33.6. The number of ketones is 1. The summed E-state index contributed by atoms with van der Waals surface area (Å²) in [5, 5.41) is 29.9. The number of nitrogens with one attached hydrogen (secondary N) is 2. The number of aliphatic hydroxyl groups excluding tert-OH is 2. The second kappa shape index (κ2) is 19.4. The fourth-order valence-electron chi connectivity index (χ4n) is 10.2. The minimum absolute atomic E-state index is 0.00161. The Kier molecular flexibility index (Phi) is 13.2. The van der Waals surface area contributed by atoms with E-state index >= 15 is 0 Å². The summed E-state index contributed by atoms with van der Waals surface area (Å²) in [6.45, 7) is 4.61. The van der Waals surface area contributed by atoms with Crippen LogP contribution in [0.3, 0.4) is 0 Å². The van der Waals surface area contributed by atoms with Gasteiger partial charge >= 0.3 is 0 Å². The molecule has 0 aliphatic carbocycles. The van der Waals surface area contributed by atoms with Gasteiger partial charge in [0.1, 0.15) is 23.0 Å². The zero-order valence-electron chi connectivity index (χ0n) is 39.0. The Bertz CT molecular complexity index is 2930. The molecule has 19 heteroatoms. The third-order valence-corrected chi connectivity index (χ3v) is 16.2. The van der Waals surface area contributed by atoms with Gasteiger partial charge < -0.3 is 30.6 Å². The molecule has 17 nitrogen and oxygen atoms in total. The minimum Gasteiger partial charge on any atom is -0.390 e. The summed E-state index contributed by atoms with van der Waals surface area (Å²) in [6.07, 6.45) is 3.86. The van der Waals surface area contributed by atoms with Crippen molar-refractivity contribution >= 4 is 60.4 Å². The third-order valence-electron chi connectivity index (χ3n) is 13.9. The Morgan fingerprint density at radius 2 is 0.929 bits per heavy atom. The second-order valence-electron chi connectivity index (χ2n) is 18.8. The molecule has 4 aromatic carbocycles. The first kappa shape index (κ1) is 47.3. The highest BCUT2D eigenvalue weighted by Gasteiger charge is 2.37. The third kappa shape index (κ3) is 10.4. The van der Waals surface area contributed by atoms with Crippen molar-refractivity contribution in [2.24, 2.45) is 0 Å². The van der Waals surface area contributed by atoms with Crippen molar-refractivity contribution in [3.63, 3.8) is 0 Å². The number of anilines is 6. The number of piperidine rings is 2. The lowest BCUT2D eigenvalue weighted by Crippen LogP contribution is -2.55. The van der Waals surface area contributed by atoms with Gasteiger partial charge in [0.15, 0.2) is 19.7 Å². The maximum atomic E-state index is 15.0. The predicted octanol–water partition coefficient (Wildman–Crippen LogP) is 4.79. The molecular weight excluding hydrogens is 929 g/mol. The van der Waals surface area contributed by atoms with Crippen LogP contribution in [0.2, 0.25) is 0 Å². The second-order valence-corrected chi connectivity index (χ2v) is 22.8. The highest BCUT2D eigenvalue weighted by molar-refractivity contribution is 7.91. The number of β-amino-alcohol motifs (C(OH)–C–C–N with tert-alkyl or cyclic N) is 2. The fraction of sp³-hybridized carbons (Fsp3) is 0.353. The number of carbonyl (C=O) groups excluding carboxylic acids is 1. The molecule has 0 radical (unpaired) electrons. The van der Waals surface area contributed by atoms with Crippen molar-refractivity contribution in [3.8, 4) is 0 Å². The highest BCUT2D eigenvalue weighted by atomic mass is 32.2. The summed E-state index contributed by atoms with van der Waals surface area (Å²) in [6, 6.07) is 32.1. The quantitative estimate of drug-likeness (QED) is 0.121. The van der Waals surface area contributed by atoms with Gasteiger partial charge in [-0.15, -0.1) is 0 Å². The largest absolute Gasteiger partial charge is 0.390 e. The van der Waals surface area contributed by atoms with E-state index in [0.717, 1.165) is 51.5 Å². The van der Waals surface area contributed by atoms with E-state index in [1.807, 2.05) is 21.9 Å². The molecule has 2 fully saturated rings. The summed E-state index contributed by atoms with van der Waals surface area (Å²) < 4.78 is 49.0. The minimum atomic E-state index is -3.45.